The first-order valence-electron chi connectivity index (χ1n) is 14.9. The van der Waals surface area contributed by atoms with E-state index in [0.29, 0.717) is 22.2 Å². The molecule has 0 saturated carbocycles. The van der Waals surface area contributed by atoms with Crippen LogP contribution in [0.15, 0.2) is 97.2 Å². The molecule has 7 aromatic rings. The van der Waals surface area contributed by atoms with Crippen LogP contribution in [0.2, 0.25) is 0 Å². The van der Waals surface area contributed by atoms with Crippen molar-refractivity contribution in [2.24, 2.45) is 0 Å². The van der Waals surface area contributed by atoms with Crippen molar-refractivity contribution < 1.29 is 4.74 Å². The number of imidazole rings is 1. The number of benzene rings is 3. The summed E-state index contributed by atoms with van der Waals surface area (Å²) in [5.41, 5.74) is 6.25. The molecule has 6 nitrogen and oxygen atoms in total. The number of ether oxygens (including phenoxy) is 1. The monoisotopic (exact) mass is 597 g/mol. The molecule has 0 aliphatic rings. The number of fused-ring (bicyclic) bond motifs is 4. The normalized spacial score (nSPS) is 12.4. The Balaban J connectivity index is 1.39. The predicted molar refractivity (Wildman–Crippen MR) is 182 cm³/mol. The average Bonchev–Trinajstić information content (AvgIpc) is 3.49. The molecule has 7 heteroatoms. The van der Waals surface area contributed by atoms with Crippen molar-refractivity contribution in [1.29, 1.82) is 0 Å². The van der Waals surface area contributed by atoms with Gasteiger partial charge in [-0.25, -0.2) is 4.98 Å². The Bertz CT molecular complexity index is 2260. The van der Waals surface area contributed by atoms with E-state index in [1.807, 2.05) is 47.2 Å². The minimum Gasteiger partial charge on any atom is -0.439 e. The molecule has 0 radical (unpaired) electrons. The van der Waals surface area contributed by atoms with Crippen molar-refractivity contribution >= 4 is 45.1 Å². The van der Waals surface area contributed by atoms with E-state index in [0.717, 1.165) is 38.8 Å². The summed E-state index contributed by atoms with van der Waals surface area (Å²) in [7, 11) is 0. The van der Waals surface area contributed by atoms with Gasteiger partial charge in [0.2, 0.25) is 5.88 Å². The van der Waals surface area contributed by atoms with Gasteiger partial charge < -0.3 is 9.72 Å². The van der Waals surface area contributed by atoms with Gasteiger partial charge in [0.15, 0.2) is 4.77 Å². The number of para-hydroxylation sites is 3. The van der Waals surface area contributed by atoms with Crippen molar-refractivity contribution in [2.75, 3.05) is 0 Å². The Morgan fingerprint density at radius 3 is 2.11 bits per heavy atom. The molecule has 0 aliphatic carbocycles. The number of aromatic amines is 1. The van der Waals surface area contributed by atoms with Crippen LogP contribution in [-0.2, 0) is 10.8 Å². The molecule has 0 fully saturated rings. The van der Waals surface area contributed by atoms with Crippen LogP contribution in [0.3, 0.4) is 0 Å². The molecule has 4 aromatic heterocycles. The van der Waals surface area contributed by atoms with Crippen molar-refractivity contribution in [3.8, 4) is 23.3 Å². The summed E-state index contributed by atoms with van der Waals surface area (Å²) in [4.78, 5) is 13.1. The first-order valence-corrected chi connectivity index (χ1v) is 15.3. The number of nitrogens with zero attached hydrogens (tertiary/aromatic N) is 4. The van der Waals surface area contributed by atoms with E-state index in [-0.39, 0.29) is 10.8 Å². The lowest BCUT2D eigenvalue weighted by atomic mass is 9.87. The molecule has 220 valence electrons. The van der Waals surface area contributed by atoms with Crippen LogP contribution in [0.5, 0.6) is 11.6 Å². The van der Waals surface area contributed by atoms with Gasteiger partial charge in [0.25, 0.3) is 0 Å². The fourth-order valence-corrected chi connectivity index (χ4v) is 6.06. The van der Waals surface area contributed by atoms with Gasteiger partial charge in [0, 0.05) is 29.1 Å². The van der Waals surface area contributed by atoms with E-state index in [1.54, 1.807) is 0 Å². The van der Waals surface area contributed by atoms with E-state index in [9.17, 15) is 0 Å². The van der Waals surface area contributed by atoms with Crippen molar-refractivity contribution in [1.82, 2.24) is 24.1 Å². The molecule has 0 atom stereocenters. The highest BCUT2D eigenvalue weighted by Crippen LogP contribution is 2.36. The lowest BCUT2D eigenvalue weighted by Gasteiger charge is -2.21. The third-order valence-electron chi connectivity index (χ3n) is 8.18. The largest absolute Gasteiger partial charge is 0.439 e. The van der Waals surface area contributed by atoms with Gasteiger partial charge in [-0.3, -0.25) is 9.13 Å². The van der Waals surface area contributed by atoms with Gasteiger partial charge in [-0.05, 0) is 82.7 Å². The molecule has 0 saturated heterocycles. The third kappa shape index (κ3) is 4.87. The summed E-state index contributed by atoms with van der Waals surface area (Å²) in [6.45, 7) is 13.2. The number of nitrogens with one attached hydrogen (secondary N) is 1. The molecule has 4 heterocycles. The van der Waals surface area contributed by atoms with Gasteiger partial charge in [-0.1, -0.05) is 71.9 Å². The fourth-order valence-electron chi connectivity index (χ4n) is 5.76. The highest BCUT2D eigenvalue weighted by Gasteiger charge is 2.21. The van der Waals surface area contributed by atoms with Crippen LogP contribution in [0.4, 0.5) is 0 Å². The summed E-state index contributed by atoms with van der Waals surface area (Å²) in [5, 5.41) is 2.30. The summed E-state index contributed by atoms with van der Waals surface area (Å²) in [5.74, 6) is 2.80. The summed E-state index contributed by atoms with van der Waals surface area (Å²) >= 11 is 5.74. The maximum atomic E-state index is 6.58. The Labute approximate surface area is 262 Å². The first kappa shape index (κ1) is 28.0. The van der Waals surface area contributed by atoms with Gasteiger partial charge in [0.1, 0.15) is 17.4 Å². The zero-order valence-electron chi connectivity index (χ0n) is 25.8. The van der Waals surface area contributed by atoms with Crippen LogP contribution in [0.1, 0.15) is 52.7 Å². The topological polar surface area (TPSA) is 60.7 Å². The van der Waals surface area contributed by atoms with Crippen LogP contribution in [0, 0.1) is 4.77 Å². The van der Waals surface area contributed by atoms with E-state index >= 15 is 0 Å². The molecule has 0 spiro atoms. The molecule has 7 rings (SSSR count). The number of hydrogen-bond donors (Lipinski definition) is 1. The summed E-state index contributed by atoms with van der Waals surface area (Å²) in [6.07, 6.45) is 1.90. The Hall–Kier alpha value is -4.75. The Morgan fingerprint density at radius 1 is 0.659 bits per heavy atom. The van der Waals surface area contributed by atoms with Gasteiger partial charge in [-0.2, -0.15) is 4.98 Å². The number of aromatic nitrogens is 5. The standard InChI is InChI=1S/C37H35N5OS/c1-36(2,3)23-17-18-38-32(19-23)41-29-13-9-7-11-26(29)27-16-15-25(22-31(27)41)43-34-21-24(37(4,5)6)20-33(40-34)42-30-14-10-8-12-28(30)39-35(42)44/h7-22H,1-6H3,(H,39,44). The van der Waals surface area contributed by atoms with Gasteiger partial charge in [-0.15, -0.1) is 0 Å². The third-order valence-corrected chi connectivity index (χ3v) is 8.47. The second-order valence-corrected chi connectivity index (χ2v) is 13.8. The van der Waals surface area contributed by atoms with Crippen LogP contribution < -0.4 is 4.74 Å². The zero-order valence-corrected chi connectivity index (χ0v) is 26.7. The molecule has 0 aliphatic heterocycles. The molecule has 44 heavy (non-hydrogen) atoms. The Morgan fingerprint density at radius 2 is 1.34 bits per heavy atom. The number of pyridine rings is 2. The Kier molecular flexibility index (Phi) is 6.48. The molecule has 0 unspecified atom stereocenters. The molecular formula is C37H35N5OS. The minimum absolute atomic E-state index is 0.000138. The minimum atomic E-state index is -0.135. The SMILES string of the molecule is CC(C)(C)c1cc(Oc2ccc3c4ccccc4n(-c4cc(C(C)(C)C)ccn4)c3c2)nc(-n2c(=S)[nH]c3ccccc32)c1. The highest BCUT2D eigenvalue weighted by atomic mass is 32.1. The second-order valence-electron chi connectivity index (χ2n) is 13.4. The maximum absolute atomic E-state index is 6.58. The average molecular weight is 598 g/mol. The zero-order chi connectivity index (χ0) is 30.8. The van der Waals surface area contributed by atoms with Crippen LogP contribution in [0.25, 0.3) is 44.5 Å². The lowest BCUT2D eigenvalue weighted by molar-refractivity contribution is 0.458. The van der Waals surface area contributed by atoms with Crippen LogP contribution in [-0.4, -0.2) is 24.1 Å². The fraction of sp³-hybridized carbons (Fsp3) is 0.216. The summed E-state index contributed by atoms with van der Waals surface area (Å²) in [6, 6.07) is 31.2. The molecule has 0 amide bonds. The smallest absolute Gasteiger partial charge is 0.221 e. The lowest BCUT2D eigenvalue weighted by Crippen LogP contribution is -2.13. The number of rotatable bonds is 4. The van der Waals surface area contributed by atoms with Crippen molar-refractivity contribution in [3.05, 3.63) is 113 Å². The number of hydrogen-bond acceptors (Lipinski definition) is 4. The molecule has 3 aromatic carbocycles. The summed E-state index contributed by atoms with van der Waals surface area (Å²) < 4.78 is 11.4. The molecule has 0 bridgehead atoms. The van der Waals surface area contributed by atoms with Gasteiger partial charge in [0.05, 0.1) is 22.1 Å². The first-order chi connectivity index (χ1) is 21.0. The number of H-pyrrole nitrogens is 1. The second kappa shape index (κ2) is 10.2. The van der Waals surface area contributed by atoms with Gasteiger partial charge >= 0.3 is 0 Å². The van der Waals surface area contributed by atoms with E-state index in [1.165, 1.54) is 10.9 Å². The van der Waals surface area contributed by atoms with E-state index in [4.69, 9.17) is 26.9 Å². The highest BCUT2D eigenvalue weighted by molar-refractivity contribution is 7.71. The van der Waals surface area contributed by atoms with Crippen molar-refractivity contribution in [3.63, 3.8) is 0 Å². The van der Waals surface area contributed by atoms with Crippen molar-refractivity contribution in [2.45, 2.75) is 52.4 Å². The quantitative estimate of drug-likeness (QED) is 0.205. The predicted octanol–water partition coefficient (Wildman–Crippen LogP) is 9.96. The van der Waals surface area contributed by atoms with E-state index < -0.39 is 0 Å². The van der Waals surface area contributed by atoms with Crippen LogP contribution >= 0.6 is 12.2 Å². The molecule has 1 N–H and O–H groups in total. The molecular weight excluding hydrogens is 563 g/mol. The maximum Gasteiger partial charge on any atom is 0.221 e. The van der Waals surface area contributed by atoms with E-state index in [2.05, 4.69) is 106 Å².